The van der Waals surface area contributed by atoms with Crippen molar-refractivity contribution in [1.82, 2.24) is 19.9 Å². The minimum Gasteiger partial charge on any atom is -0.394 e. The summed E-state index contributed by atoms with van der Waals surface area (Å²) in [5, 5.41) is 15.3. The average Bonchev–Trinajstić information content (AvgIpc) is 2.76. The fourth-order valence-corrected chi connectivity index (χ4v) is 1.40. The molecule has 0 fully saturated rings. The molecule has 0 aliphatic carbocycles. The van der Waals surface area contributed by atoms with E-state index in [0.29, 0.717) is 17.4 Å². The Bertz CT molecular complexity index is 520. The Morgan fingerprint density at radius 3 is 2.82 bits per heavy atom. The molecule has 2 aromatic heterocycles. The molecule has 0 atom stereocenters. The monoisotopic (exact) mass is 236 g/mol. The first-order valence-electron chi connectivity index (χ1n) is 5.33. The Balaban J connectivity index is 2.47. The van der Waals surface area contributed by atoms with Crippen LogP contribution in [0.5, 0.6) is 0 Å². The lowest BCUT2D eigenvalue weighted by Crippen LogP contribution is -2.35. The number of anilines is 2. The molecule has 0 bridgehead atoms. The van der Waals surface area contributed by atoms with E-state index in [9.17, 15) is 5.11 Å². The van der Waals surface area contributed by atoms with Crippen LogP contribution in [0.2, 0.25) is 0 Å². The van der Waals surface area contributed by atoms with E-state index >= 15 is 0 Å². The van der Waals surface area contributed by atoms with Crippen LogP contribution in [0.15, 0.2) is 6.33 Å². The maximum Gasteiger partial charge on any atom is 0.226 e. The van der Waals surface area contributed by atoms with Crippen LogP contribution in [0, 0.1) is 0 Å². The predicted molar refractivity (Wildman–Crippen MR) is 66.0 cm³/mol. The number of aromatic amines is 1. The molecule has 0 aromatic carbocycles. The minimum absolute atomic E-state index is 0.00151. The topological polar surface area (TPSA) is 98.8 Å². The van der Waals surface area contributed by atoms with Crippen molar-refractivity contribution in [1.29, 1.82) is 0 Å². The highest BCUT2D eigenvalue weighted by atomic mass is 16.3. The van der Waals surface area contributed by atoms with Crippen LogP contribution in [0.25, 0.3) is 11.2 Å². The van der Waals surface area contributed by atoms with Crippen molar-refractivity contribution in [3.63, 3.8) is 0 Å². The molecule has 0 radical (unpaired) electrons. The summed E-state index contributed by atoms with van der Waals surface area (Å²) in [5.41, 5.74) is 0.850. The normalized spacial score (nSPS) is 11.8. The average molecular weight is 236 g/mol. The highest BCUT2D eigenvalue weighted by Gasteiger charge is 2.19. The van der Waals surface area contributed by atoms with Crippen molar-refractivity contribution in [3.05, 3.63) is 6.33 Å². The van der Waals surface area contributed by atoms with Crippen LogP contribution in [-0.2, 0) is 0 Å². The van der Waals surface area contributed by atoms with Crippen LogP contribution in [0.1, 0.15) is 13.8 Å². The molecule has 0 aliphatic heterocycles. The lowest BCUT2D eigenvalue weighted by atomic mass is 10.1. The molecule has 2 rings (SSSR count). The molecular weight excluding hydrogens is 220 g/mol. The van der Waals surface area contributed by atoms with Crippen molar-refractivity contribution >= 4 is 22.9 Å². The molecule has 92 valence electrons. The molecular formula is C10H16N6O. The van der Waals surface area contributed by atoms with Gasteiger partial charge >= 0.3 is 0 Å². The summed E-state index contributed by atoms with van der Waals surface area (Å²) in [6, 6.07) is 0. The van der Waals surface area contributed by atoms with Gasteiger partial charge < -0.3 is 20.7 Å². The molecule has 0 spiro atoms. The zero-order valence-electron chi connectivity index (χ0n) is 10.1. The standard InChI is InChI=1S/C10H16N6O/c1-10(2,4-17)16-8-6-7(13-5-12-6)14-9(11-3)15-8/h5,17H,4H2,1-3H3,(H3,11,12,13,14,15,16). The van der Waals surface area contributed by atoms with Gasteiger partial charge in [0.15, 0.2) is 11.5 Å². The number of aliphatic hydroxyl groups is 1. The summed E-state index contributed by atoms with van der Waals surface area (Å²) in [7, 11) is 1.74. The highest BCUT2D eigenvalue weighted by molar-refractivity contribution is 5.83. The third kappa shape index (κ3) is 2.28. The van der Waals surface area contributed by atoms with Gasteiger partial charge in [-0.25, -0.2) is 4.98 Å². The largest absolute Gasteiger partial charge is 0.394 e. The van der Waals surface area contributed by atoms with E-state index in [2.05, 4.69) is 30.6 Å². The smallest absolute Gasteiger partial charge is 0.226 e. The number of nitrogens with zero attached hydrogens (tertiary/aromatic N) is 3. The zero-order valence-corrected chi connectivity index (χ0v) is 10.1. The molecule has 2 heterocycles. The maximum absolute atomic E-state index is 9.26. The number of aromatic nitrogens is 4. The summed E-state index contributed by atoms with van der Waals surface area (Å²) in [6.07, 6.45) is 1.57. The summed E-state index contributed by atoms with van der Waals surface area (Å²) in [6.45, 7) is 3.77. The molecule has 0 amide bonds. The number of rotatable bonds is 4. The van der Waals surface area contributed by atoms with Gasteiger partial charge in [0.25, 0.3) is 0 Å². The number of imidazole rings is 1. The Hall–Kier alpha value is -1.89. The first kappa shape index (κ1) is 11.6. The van der Waals surface area contributed by atoms with E-state index in [4.69, 9.17) is 0 Å². The number of H-pyrrole nitrogens is 1. The Labute approximate surface area is 98.7 Å². The summed E-state index contributed by atoms with van der Waals surface area (Å²) in [5.74, 6) is 1.11. The lowest BCUT2D eigenvalue weighted by molar-refractivity contribution is 0.234. The van der Waals surface area contributed by atoms with E-state index < -0.39 is 5.54 Å². The van der Waals surface area contributed by atoms with Gasteiger partial charge in [-0.05, 0) is 13.8 Å². The summed E-state index contributed by atoms with van der Waals surface area (Å²) < 4.78 is 0. The molecule has 7 heteroatoms. The van der Waals surface area contributed by atoms with Crippen LogP contribution >= 0.6 is 0 Å². The number of nitrogens with one attached hydrogen (secondary N) is 3. The first-order valence-corrected chi connectivity index (χ1v) is 5.33. The number of hydrogen-bond acceptors (Lipinski definition) is 6. The highest BCUT2D eigenvalue weighted by Crippen LogP contribution is 2.21. The summed E-state index contributed by atoms with van der Waals surface area (Å²) >= 11 is 0. The van der Waals surface area contributed by atoms with Crippen LogP contribution in [0.3, 0.4) is 0 Å². The van der Waals surface area contributed by atoms with E-state index in [-0.39, 0.29) is 6.61 Å². The fourth-order valence-electron chi connectivity index (χ4n) is 1.40. The second-order valence-corrected chi connectivity index (χ2v) is 4.41. The van der Waals surface area contributed by atoms with E-state index in [0.717, 1.165) is 5.52 Å². The van der Waals surface area contributed by atoms with Gasteiger partial charge in [0.2, 0.25) is 5.95 Å². The van der Waals surface area contributed by atoms with Crippen LogP contribution in [0.4, 0.5) is 11.8 Å². The number of fused-ring (bicyclic) bond motifs is 1. The van der Waals surface area contributed by atoms with E-state index in [1.54, 1.807) is 13.4 Å². The molecule has 17 heavy (non-hydrogen) atoms. The maximum atomic E-state index is 9.26. The molecule has 0 saturated heterocycles. The number of hydrogen-bond donors (Lipinski definition) is 4. The van der Waals surface area contributed by atoms with Crippen molar-refractivity contribution in [2.45, 2.75) is 19.4 Å². The van der Waals surface area contributed by atoms with Crippen molar-refractivity contribution < 1.29 is 5.11 Å². The Morgan fingerprint density at radius 1 is 1.41 bits per heavy atom. The van der Waals surface area contributed by atoms with Gasteiger partial charge in [-0.3, -0.25) is 0 Å². The predicted octanol–water partition coefficient (Wildman–Crippen LogP) is 0.577. The third-order valence-corrected chi connectivity index (χ3v) is 2.36. The molecule has 0 saturated carbocycles. The second-order valence-electron chi connectivity index (χ2n) is 4.41. The van der Waals surface area contributed by atoms with Gasteiger partial charge in [0.05, 0.1) is 18.5 Å². The van der Waals surface area contributed by atoms with E-state index in [1.165, 1.54) is 0 Å². The molecule has 2 aromatic rings. The quantitative estimate of drug-likeness (QED) is 0.619. The van der Waals surface area contributed by atoms with E-state index in [1.807, 2.05) is 13.8 Å². The van der Waals surface area contributed by atoms with Gasteiger partial charge in [0, 0.05) is 7.05 Å². The minimum atomic E-state index is -0.461. The molecule has 4 N–H and O–H groups in total. The molecule has 0 unspecified atom stereocenters. The van der Waals surface area contributed by atoms with Crippen LogP contribution < -0.4 is 10.6 Å². The van der Waals surface area contributed by atoms with Crippen molar-refractivity contribution in [2.24, 2.45) is 0 Å². The molecule has 0 aliphatic rings. The first-order chi connectivity index (χ1) is 8.05. The van der Waals surface area contributed by atoms with Crippen molar-refractivity contribution in [2.75, 3.05) is 24.3 Å². The van der Waals surface area contributed by atoms with Crippen LogP contribution in [-0.4, -0.2) is 44.2 Å². The fraction of sp³-hybridized carbons (Fsp3) is 0.500. The van der Waals surface area contributed by atoms with Crippen molar-refractivity contribution in [3.8, 4) is 0 Å². The lowest BCUT2D eigenvalue weighted by Gasteiger charge is -2.24. The third-order valence-electron chi connectivity index (χ3n) is 2.36. The Kier molecular flexibility index (Phi) is 2.84. The van der Waals surface area contributed by atoms with Gasteiger partial charge in [-0.15, -0.1) is 0 Å². The Morgan fingerprint density at radius 2 is 2.18 bits per heavy atom. The van der Waals surface area contributed by atoms with Gasteiger partial charge in [-0.2, -0.15) is 9.97 Å². The molecule has 7 nitrogen and oxygen atoms in total. The summed E-state index contributed by atoms with van der Waals surface area (Å²) in [4.78, 5) is 15.6. The number of aliphatic hydroxyl groups excluding tert-OH is 1. The SMILES string of the molecule is CNc1nc(NC(C)(C)CO)c2[nH]cnc2n1. The second kappa shape index (κ2) is 4.17. The van der Waals surface area contributed by atoms with Gasteiger partial charge in [-0.1, -0.05) is 0 Å². The van der Waals surface area contributed by atoms with Gasteiger partial charge in [0.1, 0.15) is 5.52 Å². The zero-order chi connectivity index (χ0) is 12.5.